The second-order valence-corrected chi connectivity index (χ2v) is 2.71. The smallest absolute Gasteiger partial charge is 0.308 e. The van der Waals surface area contributed by atoms with Gasteiger partial charge in [-0.3, -0.25) is 4.79 Å². The summed E-state index contributed by atoms with van der Waals surface area (Å²) < 4.78 is 16.8. The van der Waals surface area contributed by atoms with Crippen LogP contribution in [0.5, 0.6) is 0 Å². The lowest BCUT2D eigenvalue weighted by atomic mass is 10.1. The van der Waals surface area contributed by atoms with Gasteiger partial charge in [-0.15, -0.1) is 0 Å². The van der Waals surface area contributed by atoms with Crippen LogP contribution in [0.1, 0.15) is 18.1 Å². The number of hydrogen-bond acceptors (Lipinski definition) is 4. The number of pyridine rings is 1. The summed E-state index contributed by atoms with van der Waals surface area (Å²) in [5, 5.41) is 9.45. The summed E-state index contributed by atoms with van der Waals surface area (Å²) >= 11 is 0. The SMILES string of the molecule is COC(=O)C[C@H](O)c1ccc(F)nc1. The fraction of sp³-hybridized carbons (Fsp3) is 0.333. The van der Waals surface area contributed by atoms with Gasteiger partial charge < -0.3 is 9.84 Å². The number of aromatic nitrogens is 1. The van der Waals surface area contributed by atoms with E-state index in [2.05, 4.69) is 9.72 Å². The Bertz CT molecular complexity index is 312. The van der Waals surface area contributed by atoms with Crippen molar-refractivity contribution >= 4 is 5.97 Å². The van der Waals surface area contributed by atoms with Crippen LogP contribution in [0.2, 0.25) is 0 Å². The third-order valence-electron chi connectivity index (χ3n) is 1.72. The highest BCUT2D eigenvalue weighted by molar-refractivity contribution is 5.69. The standard InChI is InChI=1S/C9H10FNO3/c1-14-9(13)4-7(12)6-2-3-8(10)11-5-6/h2-3,5,7,12H,4H2,1H3/t7-/m0/s1. The van der Waals surface area contributed by atoms with E-state index in [-0.39, 0.29) is 6.42 Å². The van der Waals surface area contributed by atoms with Crippen LogP contribution in [0.4, 0.5) is 4.39 Å². The highest BCUT2D eigenvalue weighted by Crippen LogP contribution is 2.15. The molecule has 0 aliphatic heterocycles. The van der Waals surface area contributed by atoms with Crippen molar-refractivity contribution in [3.8, 4) is 0 Å². The van der Waals surface area contributed by atoms with E-state index in [4.69, 9.17) is 0 Å². The van der Waals surface area contributed by atoms with E-state index in [1.807, 2.05) is 0 Å². The lowest BCUT2D eigenvalue weighted by Crippen LogP contribution is -2.08. The molecule has 1 heterocycles. The minimum absolute atomic E-state index is 0.163. The van der Waals surface area contributed by atoms with Gasteiger partial charge >= 0.3 is 5.97 Å². The molecule has 1 N–H and O–H groups in total. The fourth-order valence-corrected chi connectivity index (χ4v) is 0.943. The van der Waals surface area contributed by atoms with Crippen molar-refractivity contribution in [1.29, 1.82) is 0 Å². The second kappa shape index (κ2) is 4.66. The number of aliphatic hydroxyl groups is 1. The average Bonchev–Trinajstić information content (AvgIpc) is 2.18. The molecule has 4 nitrogen and oxygen atoms in total. The van der Waals surface area contributed by atoms with Crippen molar-refractivity contribution in [3.05, 3.63) is 29.8 Å². The molecule has 0 aliphatic rings. The summed E-state index contributed by atoms with van der Waals surface area (Å²) in [6.07, 6.45) is 0.0165. The summed E-state index contributed by atoms with van der Waals surface area (Å²) in [4.78, 5) is 14.1. The zero-order valence-corrected chi connectivity index (χ0v) is 7.61. The summed E-state index contributed by atoms with van der Waals surface area (Å²) in [6, 6.07) is 2.49. The van der Waals surface area contributed by atoms with Gasteiger partial charge in [-0.1, -0.05) is 6.07 Å². The van der Waals surface area contributed by atoms with Crippen LogP contribution in [0, 0.1) is 5.95 Å². The molecule has 1 rings (SSSR count). The maximum atomic E-state index is 12.4. The Balaban J connectivity index is 2.65. The Labute approximate surface area is 80.3 Å². The maximum absolute atomic E-state index is 12.4. The van der Waals surface area contributed by atoms with Crippen LogP contribution in [-0.2, 0) is 9.53 Å². The first-order valence-corrected chi connectivity index (χ1v) is 4.00. The zero-order valence-electron chi connectivity index (χ0n) is 7.61. The van der Waals surface area contributed by atoms with E-state index in [9.17, 15) is 14.3 Å². The lowest BCUT2D eigenvalue weighted by molar-refractivity contribution is -0.142. The fourth-order valence-electron chi connectivity index (χ4n) is 0.943. The van der Waals surface area contributed by atoms with Crippen molar-refractivity contribution in [2.45, 2.75) is 12.5 Å². The van der Waals surface area contributed by atoms with E-state index in [0.717, 1.165) is 6.07 Å². The van der Waals surface area contributed by atoms with E-state index >= 15 is 0 Å². The quantitative estimate of drug-likeness (QED) is 0.578. The van der Waals surface area contributed by atoms with Gasteiger partial charge in [0.05, 0.1) is 19.6 Å². The highest BCUT2D eigenvalue weighted by atomic mass is 19.1. The molecule has 0 spiro atoms. The molecule has 0 radical (unpaired) electrons. The minimum Gasteiger partial charge on any atom is -0.469 e. The molecular formula is C9H10FNO3. The van der Waals surface area contributed by atoms with Gasteiger partial charge in [0.25, 0.3) is 0 Å². The van der Waals surface area contributed by atoms with Gasteiger partial charge in [0.15, 0.2) is 0 Å². The largest absolute Gasteiger partial charge is 0.469 e. The van der Waals surface area contributed by atoms with Crippen molar-refractivity contribution in [2.24, 2.45) is 0 Å². The maximum Gasteiger partial charge on any atom is 0.308 e. The first-order chi connectivity index (χ1) is 6.63. The van der Waals surface area contributed by atoms with Crippen molar-refractivity contribution in [3.63, 3.8) is 0 Å². The lowest BCUT2D eigenvalue weighted by Gasteiger charge is -2.08. The minimum atomic E-state index is -1.00. The van der Waals surface area contributed by atoms with Gasteiger partial charge in [-0.05, 0) is 11.6 Å². The summed E-state index contributed by atoms with van der Waals surface area (Å²) in [5.74, 6) is -1.15. The number of methoxy groups -OCH3 is 1. The predicted octanol–water partition coefficient (Wildman–Crippen LogP) is 0.817. The normalized spacial score (nSPS) is 12.2. The monoisotopic (exact) mass is 199 g/mol. The van der Waals surface area contributed by atoms with E-state index in [1.165, 1.54) is 19.4 Å². The third kappa shape index (κ3) is 2.77. The number of rotatable bonds is 3. The molecular weight excluding hydrogens is 189 g/mol. The summed E-state index contributed by atoms with van der Waals surface area (Å²) in [6.45, 7) is 0. The Morgan fingerprint density at radius 2 is 2.43 bits per heavy atom. The number of nitrogens with zero attached hydrogens (tertiary/aromatic N) is 1. The molecule has 0 fully saturated rings. The number of esters is 1. The van der Waals surface area contributed by atoms with Crippen LogP contribution in [0.25, 0.3) is 0 Å². The van der Waals surface area contributed by atoms with Gasteiger partial charge in [0.1, 0.15) is 0 Å². The third-order valence-corrected chi connectivity index (χ3v) is 1.72. The molecule has 1 aromatic heterocycles. The summed E-state index contributed by atoms with van der Waals surface area (Å²) in [5.41, 5.74) is 0.386. The Hall–Kier alpha value is -1.49. The molecule has 0 aliphatic carbocycles. The number of carbonyl (C=O) groups excluding carboxylic acids is 1. The number of halogens is 1. The molecule has 76 valence electrons. The van der Waals surface area contributed by atoms with Crippen LogP contribution in [-0.4, -0.2) is 23.2 Å². The Morgan fingerprint density at radius 1 is 1.71 bits per heavy atom. The Kier molecular flexibility index (Phi) is 3.53. The van der Waals surface area contributed by atoms with Gasteiger partial charge in [0, 0.05) is 6.20 Å². The molecule has 0 bridgehead atoms. The molecule has 5 heteroatoms. The van der Waals surface area contributed by atoms with Crippen molar-refractivity contribution in [2.75, 3.05) is 7.11 Å². The van der Waals surface area contributed by atoms with Crippen LogP contribution >= 0.6 is 0 Å². The van der Waals surface area contributed by atoms with Crippen molar-refractivity contribution < 1.29 is 19.0 Å². The second-order valence-electron chi connectivity index (χ2n) is 2.71. The van der Waals surface area contributed by atoms with Crippen LogP contribution in [0.15, 0.2) is 18.3 Å². The van der Waals surface area contributed by atoms with Gasteiger partial charge in [-0.25, -0.2) is 4.98 Å². The molecule has 0 saturated heterocycles. The molecule has 0 saturated carbocycles. The molecule has 0 aromatic carbocycles. The van der Waals surface area contributed by atoms with E-state index in [1.54, 1.807) is 0 Å². The number of carbonyl (C=O) groups is 1. The molecule has 1 atom stereocenters. The van der Waals surface area contributed by atoms with Crippen LogP contribution < -0.4 is 0 Å². The molecule has 0 amide bonds. The number of ether oxygens (including phenoxy) is 1. The van der Waals surface area contributed by atoms with E-state index < -0.39 is 18.0 Å². The zero-order chi connectivity index (χ0) is 10.6. The first kappa shape index (κ1) is 10.6. The topological polar surface area (TPSA) is 59.4 Å². The Morgan fingerprint density at radius 3 is 2.93 bits per heavy atom. The molecule has 14 heavy (non-hydrogen) atoms. The summed E-state index contributed by atoms with van der Waals surface area (Å²) in [7, 11) is 1.23. The molecule has 0 unspecified atom stereocenters. The predicted molar refractivity (Wildman–Crippen MR) is 45.8 cm³/mol. The number of aliphatic hydroxyl groups excluding tert-OH is 1. The van der Waals surface area contributed by atoms with Crippen LogP contribution in [0.3, 0.4) is 0 Å². The van der Waals surface area contributed by atoms with Gasteiger partial charge in [-0.2, -0.15) is 4.39 Å². The highest BCUT2D eigenvalue weighted by Gasteiger charge is 2.13. The van der Waals surface area contributed by atoms with E-state index in [0.29, 0.717) is 5.56 Å². The number of hydrogen-bond donors (Lipinski definition) is 1. The first-order valence-electron chi connectivity index (χ1n) is 4.00. The average molecular weight is 199 g/mol. The van der Waals surface area contributed by atoms with Gasteiger partial charge in [0.2, 0.25) is 5.95 Å². The molecule has 1 aromatic rings. The van der Waals surface area contributed by atoms with Crippen molar-refractivity contribution in [1.82, 2.24) is 4.98 Å².